The van der Waals surface area contributed by atoms with Crippen LogP contribution >= 0.6 is 0 Å². The molecule has 5 heteroatoms. The summed E-state index contributed by atoms with van der Waals surface area (Å²) in [5.41, 5.74) is 2.34. The average molecular weight is 279 g/mol. The van der Waals surface area contributed by atoms with E-state index < -0.39 is 12.0 Å². The zero-order chi connectivity index (χ0) is 14.4. The van der Waals surface area contributed by atoms with Gasteiger partial charge in [-0.1, -0.05) is 24.3 Å². The Hall–Kier alpha value is -3.08. The molecule has 0 aliphatic carbocycles. The van der Waals surface area contributed by atoms with E-state index in [4.69, 9.17) is 9.15 Å². The van der Waals surface area contributed by atoms with Gasteiger partial charge in [0.2, 0.25) is 0 Å². The number of para-hydroxylation sites is 1. The SMILES string of the molecule is O=C1NC(=O)/C(=C\c2ccc3oc4ccccc4c3c2)O1. The number of hydrogen-bond acceptors (Lipinski definition) is 4. The van der Waals surface area contributed by atoms with Crippen molar-refractivity contribution in [2.75, 3.05) is 0 Å². The molecule has 1 saturated heterocycles. The first kappa shape index (κ1) is 11.7. The standard InChI is InChI=1S/C16H9NO4/c18-15-14(21-16(19)17-15)8-9-5-6-13-11(7-9)10-3-1-2-4-12(10)20-13/h1-8H,(H,17,18,19)/b14-8+. The number of rotatable bonds is 1. The Morgan fingerprint density at radius 1 is 0.952 bits per heavy atom. The van der Waals surface area contributed by atoms with Crippen LogP contribution in [-0.2, 0) is 9.53 Å². The van der Waals surface area contributed by atoms with Crippen LogP contribution in [0.15, 0.2) is 52.6 Å². The molecule has 4 rings (SSSR count). The van der Waals surface area contributed by atoms with Crippen molar-refractivity contribution >= 4 is 40.0 Å². The van der Waals surface area contributed by atoms with Crippen LogP contribution in [0.4, 0.5) is 4.79 Å². The van der Waals surface area contributed by atoms with Gasteiger partial charge in [-0.15, -0.1) is 0 Å². The van der Waals surface area contributed by atoms with Gasteiger partial charge in [0.25, 0.3) is 5.91 Å². The number of carbonyl (C=O) groups excluding carboxylic acids is 2. The summed E-state index contributed by atoms with van der Waals surface area (Å²) in [4.78, 5) is 22.5. The molecule has 1 aliphatic rings. The van der Waals surface area contributed by atoms with Gasteiger partial charge in [-0.3, -0.25) is 10.1 Å². The second-order valence-corrected chi connectivity index (χ2v) is 4.71. The van der Waals surface area contributed by atoms with Crippen molar-refractivity contribution in [3.63, 3.8) is 0 Å². The summed E-state index contributed by atoms with van der Waals surface area (Å²) in [5.74, 6) is -0.538. The summed E-state index contributed by atoms with van der Waals surface area (Å²) in [7, 11) is 0. The van der Waals surface area contributed by atoms with Crippen LogP contribution in [0.3, 0.4) is 0 Å². The number of ether oxygens (including phenoxy) is 1. The Kier molecular flexibility index (Phi) is 2.35. The molecule has 0 radical (unpaired) electrons. The summed E-state index contributed by atoms with van der Waals surface area (Å²) >= 11 is 0. The van der Waals surface area contributed by atoms with Crippen LogP contribution in [0.2, 0.25) is 0 Å². The van der Waals surface area contributed by atoms with E-state index in [9.17, 15) is 9.59 Å². The van der Waals surface area contributed by atoms with Gasteiger partial charge in [-0.05, 0) is 29.8 Å². The first-order valence-corrected chi connectivity index (χ1v) is 6.37. The lowest BCUT2D eigenvalue weighted by Crippen LogP contribution is -2.18. The van der Waals surface area contributed by atoms with Gasteiger partial charge in [-0.25, -0.2) is 4.79 Å². The summed E-state index contributed by atoms with van der Waals surface area (Å²) < 4.78 is 10.5. The highest BCUT2D eigenvalue weighted by Gasteiger charge is 2.25. The fourth-order valence-corrected chi connectivity index (χ4v) is 2.41. The molecule has 1 aromatic heterocycles. The predicted octanol–water partition coefficient (Wildman–Crippen LogP) is 3.19. The maximum absolute atomic E-state index is 11.5. The monoisotopic (exact) mass is 279 g/mol. The molecule has 0 unspecified atom stereocenters. The molecule has 0 spiro atoms. The van der Waals surface area contributed by atoms with Crippen LogP contribution in [0.25, 0.3) is 28.0 Å². The molecule has 1 N–H and O–H groups in total. The first-order valence-electron chi connectivity index (χ1n) is 6.37. The van der Waals surface area contributed by atoms with E-state index in [0.29, 0.717) is 0 Å². The molecule has 0 saturated carbocycles. The number of alkyl carbamates (subject to hydrolysis) is 1. The van der Waals surface area contributed by atoms with Crippen LogP contribution in [-0.4, -0.2) is 12.0 Å². The highest BCUT2D eigenvalue weighted by atomic mass is 16.6. The van der Waals surface area contributed by atoms with Crippen molar-refractivity contribution in [2.24, 2.45) is 0 Å². The molecule has 5 nitrogen and oxygen atoms in total. The van der Waals surface area contributed by atoms with Crippen molar-refractivity contribution < 1.29 is 18.7 Å². The third-order valence-electron chi connectivity index (χ3n) is 3.34. The van der Waals surface area contributed by atoms with E-state index in [1.165, 1.54) is 6.08 Å². The maximum atomic E-state index is 11.5. The van der Waals surface area contributed by atoms with Gasteiger partial charge in [0, 0.05) is 10.8 Å². The molecular weight excluding hydrogens is 270 g/mol. The largest absolute Gasteiger partial charge is 0.456 e. The van der Waals surface area contributed by atoms with Crippen LogP contribution in [0.5, 0.6) is 0 Å². The summed E-state index contributed by atoms with van der Waals surface area (Å²) in [6.07, 6.45) is 0.780. The second-order valence-electron chi connectivity index (χ2n) is 4.71. The molecule has 1 fully saturated rings. The zero-order valence-electron chi connectivity index (χ0n) is 10.8. The van der Waals surface area contributed by atoms with Crippen LogP contribution in [0.1, 0.15) is 5.56 Å². The molecular formula is C16H9NO4. The quantitative estimate of drug-likeness (QED) is 0.694. The topological polar surface area (TPSA) is 68.5 Å². The maximum Gasteiger partial charge on any atom is 0.419 e. The highest BCUT2D eigenvalue weighted by Crippen LogP contribution is 2.29. The normalized spacial score (nSPS) is 16.7. The summed E-state index contributed by atoms with van der Waals surface area (Å²) in [6.45, 7) is 0. The van der Waals surface area contributed by atoms with Crippen molar-refractivity contribution in [3.05, 3.63) is 53.8 Å². The number of fused-ring (bicyclic) bond motifs is 3. The average Bonchev–Trinajstić information content (AvgIpc) is 2.99. The predicted molar refractivity (Wildman–Crippen MR) is 76.3 cm³/mol. The third kappa shape index (κ3) is 1.87. The Bertz CT molecular complexity index is 936. The molecule has 2 heterocycles. The number of furan rings is 1. The molecule has 3 aromatic rings. The lowest BCUT2D eigenvalue weighted by molar-refractivity contribution is -0.116. The zero-order valence-corrected chi connectivity index (χ0v) is 10.8. The van der Waals surface area contributed by atoms with E-state index in [1.54, 1.807) is 6.07 Å². The minimum atomic E-state index is -0.749. The molecule has 2 aromatic carbocycles. The van der Waals surface area contributed by atoms with Gasteiger partial charge in [-0.2, -0.15) is 0 Å². The van der Waals surface area contributed by atoms with Gasteiger partial charge in [0.05, 0.1) is 0 Å². The Morgan fingerprint density at radius 2 is 1.76 bits per heavy atom. The fourth-order valence-electron chi connectivity index (χ4n) is 2.41. The number of carbonyl (C=O) groups is 2. The second kappa shape index (κ2) is 4.21. The van der Waals surface area contributed by atoms with Crippen molar-refractivity contribution in [1.29, 1.82) is 0 Å². The Balaban J connectivity index is 1.87. The lowest BCUT2D eigenvalue weighted by atomic mass is 10.1. The van der Waals surface area contributed by atoms with E-state index in [-0.39, 0.29) is 5.76 Å². The number of amides is 2. The number of hydrogen-bond donors (Lipinski definition) is 1. The van der Waals surface area contributed by atoms with Gasteiger partial charge in [0.1, 0.15) is 11.2 Å². The molecule has 1 aliphatic heterocycles. The van der Waals surface area contributed by atoms with Gasteiger partial charge < -0.3 is 9.15 Å². The van der Waals surface area contributed by atoms with Crippen molar-refractivity contribution in [3.8, 4) is 0 Å². The van der Waals surface area contributed by atoms with E-state index in [0.717, 1.165) is 27.5 Å². The van der Waals surface area contributed by atoms with E-state index >= 15 is 0 Å². The van der Waals surface area contributed by atoms with E-state index in [1.807, 2.05) is 36.4 Å². The first-order chi connectivity index (χ1) is 10.2. The molecule has 0 atom stereocenters. The Labute approximate surface area is 118 Å². The fraction of sp³-hybridized carbons (Fsp3) is 0. The number of nitrogens with one attached hydrogen (secondary N) is 1. The summed E-state index contributed by atoms with van der Waals surface area (Å²) in [6, 6.07) is 13.3. The van der Waals surface area contributed by atoms with Crippen LogP contribution in [0, 0.1) is 0 Å². The molecule has 0 bridgehead atoms. The van der Waals surface area contributed by atoms with Crippen molar-refractivity contribution in [1.82, 2.24) is 5.32 Å². The van der Waals surface area contributed by atoms with Crippen molar-refractivity contribution in [2.45, 2.75) is 0 Å². The molecule has 21 heavy (non-hydrogen) atoms. The van der Waals surface area contributed by atoms with Gasteiger partial charge in [0.15, 0.2) is 5.76 Å². The minimum absolute atomic E-state index is 0.00727. The third-order valence-corrected chi connectivity index (χ3v) is 3.34. The number of imide groups is 1. The van der Waals surface area contributed by atoms with Gasteiger partial charge >= 0.3 is 6.09 Å². The highest BCUT2D eigenvalue weighted by molar-refractivity contribution is 6.10. The summed E-state index contributed by atoms with van der Waals surface area (Å²) in [5, 5.41) is 4.01. The number of benzene rings is 2. The smallest absolute Gasteiger partial charge is 0.419 e. The van der Waals surface area contributed by atoms with Crippen LogP contribution < -0.4 is 5.32 Å². The molecule has 2 amide bonds. The number of cyclic esters (lactones) is 1. The van der Waals surface area contributed by atoms with E-state index in [2.05, 4.69) is 5.32 Å². The molecule has 102 valence electrons. The minimum Gasteiger partial charge on any atom is -0.456 e. The Morgan fingerprint density at radius 3 is 2.57 bits per heavy atom. The lowest BCUT2D eigenvalue weighted by Gasteiger charge is -1.96.